The van der Waals surface area contributed by atoms with Crippen molar-refractivity contribution in [1.29, 1.82) is 0 Å². The Morgan fingerprint density at radius 1 is 1.50 bits per heavy atom. The van der Waals surface area contributed by atoms with E-state index in [1.807, 2.05) is 13.0 Å². The van der Waals surface area contributed by atoms with Gasteiger partial charge in [0.1, 0.15) is 5.76 Å². The number of amides is 1. The highest BCUT2D eigenvalue weighted by Gasteiger charge is 2.53. The number of rotatable bonds is 3. The molecule has 0 spiro atoms. The lowest BCUT2D eigenvalue weighted by molar-refractivity contribution is 0.0917. The average molecular weight is 220 g/mol. The molecule has 0 aromatic carbocycles. The Kier molecular flexibility index (Phi) is 2.24. The van der Waals surface area contributed by atoms with Crippen molar-refractivity contribution >= 4 is 5.91 Å². The molecule has 1 aromatic heterocycles. The third kappa shape index (κ3) is 1.53. The van der Waals surface area contributed by atoms with E-state index in [4.69, 9.17) is 4.42 Å². The molecule has 2 fully saturated rings. The van der Waals surface area contributed by atoms with E-state index < -0.39 is 0 Å². The molecule has 1 aromatic rings. The molecule has 2 aliphatic rings. The lowest BCUT2D eigenvalue weighted by Gasteiger charge is -2.05. The molecule has 0 radical (unpaired) electrons. The standard InChI is InChI=1S/C12H16N2O2/c1-2-7-3-4-10(16-7)12(15)14-11-8-5-13-6-9(8)11/h3-4,8-9,11,13H,2,5-6H2,1H3,(H,14,15). The zero-order valence-electron chi connectivity index (χ0n) is 9.32. The Bertz CT molecular complexity index is 403. The van der Waals surface area contributed by atoms with E-state index >= 15 is 0 Å². The van der Waals surface area contributed by atoms with Gasteiger partial charge in [-0.15, -0.1) is 0 Å². The summed E-state index contributed by atoms with van der Waals surface area (Å²) in [5, 5.41) is 6.34. The van der Waals surface area contributed by atoms with Gasteiger partial charge in [0.25, 0.3) is 5.91 Å². The number of nitrogens with one attached hydrogen (secondary N) is 2. The molecule has 1 aliphatic heterocycles. The van der Waals surface area contributed by atoms with Crippen LogP contribution in [0.3, 0.4) is 0 Å². The summed E-state index contributed by atoms with van der Waals surface area (Å²) in [5.41, 5.74) is 0. The zero-order valence-corrected chi connectivity index (χ0v) is 9.32. The van der Waals surface area contributed by atoms with Gasteiger partial charge in [-0.2, -0.15) is 0 Å². The second-order valence-electron chi connectivity index (χ2n) is 4.60. The lowest BCUT2D eigenvalue weighted by Crippen LogP contribution is -2.32. The molecule has 1 saturated carbocycles. The van der Waals surface area contributed by atoms with Gasteiger partial charge in [0.05, 0.1) is 0 Å². The fourth-order valence-corrected chi connectivity index (χ4v) is 2.54. The highest BCUT2D eigenvalue weighted by atomic mass is 16.3. The number of fused-ring (bicyclic) bond motifs is 1. The quantitative estimate of drug-likeness (QED) is 0.792. The molecule has 2 N–H and O–H groups in total. The van der Waals surface area contributed by atoms with Crippen LogP contribution in [0.15, 0.2) is 16.5 Å². The van der Waals surface area contributed by atoms with Crippen molar-refractivity contribution in [3.63, 3.8) is 0 Å². The first kappa shape index (κ1) is 9.90. The molecule has 2 heterocycles. The van der Waals surface area contributed by atoms with Crippen LogP contribution in [-0.4, -0.2) is 25.0 Å². The molecule has 0 bridgehead atoms. The zero-order chi connectivity index (χ0) is 11.1. The van der Waals surface area contributed by atoms with Gasteiger partial charge >= 0.3 is 0 Å². The molecular formula is C12H16N2O2. The second-order valence-corrected chi connectivity index (χ2v) is 4.60. The monoisotopic (exact) mass is 220 g/mol. The summed E-state index contributed by atoms with van der Waals surface area (Å²) in [7, 11) is 0. The fraction of sp³-hybridized carbons (Fsp3) is 0.583. The third-order valence-corrected chi connectivity index (χ3v) is 3.62. The lowest BCUT2D eigenvalue weighted by atomic mass is 10.3. The van der Waals surface area contributed by atoms with Gasteiger partial charge in [-0.1, -0.05) is 6.92 Å². The summed E-state index contributed by atoms with van der Waals surface area (Å²) in [4.78, 5) is 11.8. The van der Waals surface area contributed by atoms with E-state index in [1.165, 1.54) is 0 Å². The van der Waals surface area contributed by atoms with Crippen LogP contribution < -0.4 is 10.6 Å². The molecule has 2 atom stereocenters. The first-order valence-corrected chi connectivity index (χ1v) is 5.90. The maximum atomic E-state index is 11.8. The van der Waals surface area contributed by atoms with Gasteiger partial charge in [0.2, 0.25) is 0 Å². The number of carbonyl (C=O) groups excluding carboxylic acids is 1. The summed E-state index contributed by atoms with van der Waals surface area (Å²) < 4.78 is 5.42. The number of hydrogen-bond acceptors (Lipinski definition) is 3. The largest absolute Gasteiger partial charge is 0.456 e. The Labute approximate surface area is 94.4 Å². The van der Waals surface area contributed by atoms with Crippen molar-refractivity contribution in [1.82, 2.24) is 10.6 Å². The molecule has 1 saturated heterocycles. The Hall–Kier alpha value is -1.29. The Morgan fingerprint density at radius 3 is 2.88 bits per heavy atom. The van der Waals surface area contributed by atoms with Gasteiger partial charge in [0.15, 0.2) is 5.76 Å². The van der Waals surface area contributed by atoms with Crippen molar-refractivity contribution < 1.29 is 9.21 Å². The van der Waals surface area contributed by atoms with E-state index in [-0.39, 0.29) is 5.91 Å². The molecule has 86 valence electrons. The summed E-state index contributed by atoms with van der Waals surface area (Å²) >= 11 is 0. The van der Waals surface area contributed by atoms with Crippen LogP contribution in [0.25, 0.3) is 0 Å². The maximum absolute atomic E-state index is 11.8. The normalized spacial score (nSPS) is 31.2. The van der Waals surface area contributed by atoms with Crippen LogP contribution >= 0.6 is 0 Å². The van der Waals surface area contributed by atoms with Crippen molar-refractivity contribution in [3.8, 4) is 0 Å². The van der Waals surface area contributed by atoms with Crippen LogP contribution in [0.1, 0.15) is 23.2 Å². The first-order valence-electron chi connectivity index (χ1n) is 5.90. The molecule has 16 heavy (non-hydrogen) atoms. The highest BCUT2D eigenvalue weighted by molar-refractivity contribution is 5.92. The SMILES string of the molecule is CCc1ccc(C(=O)NC2C3CNCC32)o1. The summed E-state index contributed by atoms with van der Waals surface area (Å²) in [6.07, 6.45) is 0.825. The molecule has 4 heteroatoms. The highest BCUT2D eigenvalue weighted by Crippen LogP contribution is 2.41. The molecule has 2 unspecified atom stereocenters. The Morgan fingerprint density at radius 2 is 2.25 bits per heavy atom. The van der Waals surface area contributed by atoms with Crippen molar-refractivity contribution in [2.24, 2.45) is 11.8 Å². The van der Waals surface area contributed by atoms with Gasteiger partial charge in [-0.05, 0) is 24.0 Å². The predicted octanol–water partition coefficient (Wildman–Crippen LogP) is 0.790. The van der Waals surface area contributed by atoms with Crippen molar-refractivity contribution in [2.75, 3.05) is 13.1 Å². The minimum absolute atomic E-state index is 0.0703. The molecule has 4 nitrogen and oxygen atoms in total. The second kappa shape index (κ2) is 3.63. The van der Waals surface area contributed by atoms with E-state index in [1.54, 1.807) is 6.07 Å². The first-order chi connectivity index (χ1) is 7.79. The molecule has 1 aliphatic carbocycles. The van der Waals surface area contributed by atoms with Crippen molar-refractivity contribution in [2.45, 2.75) is 19.4 Å². The maximum Gasteiger partial charge on any atom is 0.287 e. The van der Waals surface area contributed by atoms with Gasteiger partial charge in [-0.3, -0.25) is 4.79 Å². The minimum atomic E-state index is -0.0703. The van der Waals surface area contributed by atoms with Crippen molar-refractivity contribution in [3.05, 3.63) is 23.7 Å². The van der Waals surface area contributed by atoms with E-state index in [9.17, 15) is 4.79 Å². The summed E-state index contributed by atoms with van der Waals surface area (Å²) in [6, 6.07) is 3.98. The van der Waals surface area contributed by atoms with Crippen LogP contribution in [0.2, 0.25) is 0 Å². The summed E-state index contributed by atoms with van der Waals surface area (Å²) in [5.74, 6) is 2.52. The molecule has 1 amide bonds. The third-order valence-electron chi connectivity index (χ3n) is 3.62. The number of furan rings is 1. The molecular weight excluding hydrogens is 204 g/mol. The van der Waals surface area contributed by atoms with Gasteiger partial charge in [-0.25, -0.2) is 0 Å². The summed E-state index contributed by atoms with van der Waals surface area (Å²) in [6.45, 7) is 4.08. The number of carbonyl (C=O) groups is 1. The number of hydrogen-bond donors (Lipinski definition) is 2. The van der Waals surface area contributed by atoms with Gasteiger partial charge in [0, 0.05) is 25.6 Å². The van der Waals surface area contributed by atoms with E-state index in [0.717, 1.165) is 25.3 Å². The minimum Gasteiger partial charge on any atom is -0.456 e. The molecule has 3 rings (SSSR count). The van der Waals surface area contributed by atoms with Crippen LogP contribution in [-0.2, 0) is 6.42 Å². The van der Waals surface area contributed by atoms with Gasteiger partial charge < -0.3 is 15.1 Å². The number of piperidine rings is 1. The van der Waals surface area contributed by atoms with Crippen LogP contribution in [0.4, 0.5) is 0 Å². The topological polar surface area (TPSA) is 54.3 Å². The fourth-order valence-electron chi connectivity index (χ4n) is 2.54. The average Bonchev–Trinajstić information content (AvgIpc) is 2.81. The van der Waals surface area contributed by atoms with E-state index in [2.05, 4.69) is 10.6 Å². The van der Waals surface area contributed by atoms with E-state index in [0.29, 0.717) is 23.6 Å². The smallest absolute Gasteiger partial charge is 0.287 e. The van der Waals surface area contributed by atoms with Crippen LogP contribution in [0, 0.1) is 11.8 Å². The predicted molar refractivity (Wildman–Crippen MR) is 59.2 cm³/mol. The number of aryl methyl sites for hydroxylation is 1. The van der Waals surface area contributed by atoms with Crippen LogP contribution in [0.5, 0.6) is 0 Å². The Balaban J connectivity index is 1.61.